The molecule has 1 aromatic rings. The fraction of sp³-hybridized carbons (Fsp3) is 0.545. The standard InChI is InChI=1S/C11H16N2O/c1-6(2)8-4-13-11(12)10-7(3)14-5-9(8)10/h4,6-7H,5H2,1-3H3,(H2,12,13). The van der Waals surface area contributed by atoms with Gasteiger partial charge in [0.2, 0.25) is 0 Å². The number of hydrogen-bond donors (Lipinski definition) is 1. The first kappa shape index (κ1) is 9.46. The van der Waals surface area contributed by atoms with Gasteiger partial charge in [-0.25, -0.2) is 4.98 Å². The van der Waals surface area contributed by atoms with Gasteiger partial charge in [0.25, 0.3) is 0 Å². The molecule has 0 saturated carbocycles. The number of nitrogens with two attached hydrogens (primary N) is 1. The summed E-state index contributed by atoms with van der Waals surface area (Å²) in [5.74, 6) is 1.10. The second kappa shape index (κ2) is 3.24. The van der Waals surface area contributed by atoms with Gasteiger partial charge in [0.05, 0.1) is 12.7 Å². The quantitative estimate of drug-likeness (QED) is 0.743. The predicted molar refractivity (Wildman–Crippen MR) is 55.9 cm³/mol. The Morgan fingerprint density at radius 2 is 2.29 bits per heavy atom. The van der Waals surface area contributed by atoms with Crippen molar-refractivity contribution in [2.45, 2.75) is 39.4 Å². The van der Waals surface area contributed by atoms with Gasteiger partial charge in [-0.2, -0.15) is 0 Å². The third-order valence-corrected chi connectivity index (χ3v) is 2.80. The van der Waals surface area contributed by atoms with Crippen LogP contribution in [0.25, 0.3) is 0 Å². The van der Waals surface area contributed by atoms with Crippen LogP contribution in [0.5, 0.6) is 0 Å². The highest BCUT2D eigenvalue weighted by Crippen LogP contribution is 2.37. The first-order valence-electron chi connectivity index (χ1n) is 5.00. The summed E-state index contributed by atoms with van der Waals surface area (Å²) in [6.45, 7) is 7.03. The van der Waals surface area contributed by atoms with Gasteiger partial charge in [0, 0.05) is 11.8 Å². The van der Waals surface area contributed by atoms with E-state index >= 15 is 0 Å². The molecule has 2 rings (SSSR count). The van der Waals surface area contributed by atoms with E-state index in [1.165, 1.54) is 11.1 Å². The number of ether oxygens (including phenoxy) is 1. The Kier molecular flexibility index (Phi) is 2.19. The average Bonchev–Trinajstić information content (AvgIpc) is 2.49. The van der Waals surface area contributed by atoms with Gasteiger partial charge in [-0.05, 0) is 24.0 Å². The molecule has 3 nitrogen and oxygen atoms in total. The minimum Gasteiger partial charge on any atom is -0.383 e. The summed E-state index contributed by atoms with van der Waals surface area (Å²) in [5, 5.41) is 0. The number of anilines is 1. The Labute approximate surface area is 84.3 Å². The van der Waals surface area contributed by atoms with Crippen LogP contribution in [0, 0.1) is 0 Å². The number of aromatic nitrogens is 1. The molecule has 2 N–H and O–H groups in total. The molecule has 2 heterocycles. The molecule has 0 aromatic carbocycles. The summed E-state index contributed by atoms with van der Waals surface area (Å²) in [4.78, 5) is 4.22. The summed E-state index contributed by atoms with van der Waals surface area (Å²) in [6, 6.07) is 0. The van der Waals surface area contributed by atoms with Crippen molar-refractivity contribution in [3.8, 4) is 0 Å². The Morgan fingerprint density at radius 3 is 2.93 bits per heavy atom. The molecule has 1 atom stereocenters. The van der Waals surface area contributed by atoms with Crippen LogP contribution in [0.15, 0.2) is 6.20 Å². The summed E-state index contributed by atoms with van der Waals surface area (Å²) < 4.78 is 5.57. The van der Waals surface area contributed by atoms with Gasteiger partial charge in [-0.3, -0.25) is 0 Å². The highest BCUT2D eigenvalue weighted by atomic mass is 16.5. The van der Waals surface area contributed by atoms with Gasteiger partial charge in [-0.15, -0.1) is 0 Å². The molecule has 0 aliphatic carbocycles. The van der Waals surface area contributed by atoms with Crippen molar-refractivity contribution >= 4 is 5.82 Å². The van der Waals surface area contributed by atoms with Crippen LogP contribution < -0.4 is 5.73 Å². The van der Waals surface area contributed by atoms with E-state index in [2.05, 4.69) is 18.8 Å². The van der Waals surface area contributed by atoms with Crippen molar-refractivity contribution in [1.82, 2.24) is 4.98 Å². The number of fused-ring (bicyclic) bond motifs is 1. The Morgan fingerprint density at radius 1 is 1.57 bits per heavy atom. The van der Waals surface area contributed by atoms with Crippen molar-refractivity contribution in [2.24, 2.45) is 0 Å². The van der Waals surface area contributed by atoms with Gasteiger partial charge in [-0.1, -0.05) is 13.8 Å². The second-order valence-electron chi connectivity index (χ2n) is 4.10. The third-order valence-electron chi connectivity index (χ3n) is 2.80. The lowest BCUT2D eigenvalue weighted by atomic mass is 9.95. The molecule has 1 aromatic heterocycles. The lowest BCUT2D eigenvalue weighted by molar-refractivity contribution is 0.0796. The Hall–Kier alpha value is -1.09. The molecule has 0 fully saturated rings. The molecular weight excluding hydrogens is 176 g/mol. The van der Waals surface area contributed by atoms with Crippen LogP contribution in [-0.2, 0) is 11.3 Å². The van der Waals surface area contributed by atoms with E-state index in [0.29, 0.717) is 18.3 Å². The minimum atomic E-state index is 0.0937. The lowest BCUT2D eigenvalue weighted by Crippen LogP contribution is -2.03. The van der Waals surface area contributed by atoms with E-state index < -0.39 is 0 Å². The Bertz CT molecular complexity index is 361. The van der Waals surface area contributed by atoms with Crippen molar-refractivity contribution < 1.29 is 4.74 Å². The summed E-state index contributed by atoms with van der Waals surface area (Å²) >= 11 is 0. The molecule has 0 radical (unpaired) electrons. The highest BCUT2D eigenvalue weighted by molar-refractivity contribution is 5.51. The predicted octanol–water partition coefficient (Wildman–Crippen LogP) is 2.38. The van der Waals surface area contributed by atoms with E-state index in [0.717, 1.165) is 5.56 Å². The molecule has 1 unspecified atom stereocenters. The van der Waals surface area contributed by atoms with Crippen LogP contribution in [0.2, 0.25) is 0 Å². The van der Waals surface area contributed by atoms with E-state index in [1.54, 1.807) is 0 Å². The molecule has 0 spiro atoms. The largest absolute Gasteiger partial charge is 0.383 e. The first-order valence-corrected chi connectivity index (χ1v) is 5.00. The Balaban J connectivity index is 2.59. The molecule has 76 valence electrons. The normalized spacial score (nSPS) is 20.1. The first-order chi connectivity index (χ1) is 6.61. The van der Waals surface area contributed by atoms with Crippen LogP contribution >= 0.6 is 0 Å². The van der Waals surface area contributed by atoms with Crippen LogP contribution in [-0.4, -0.2) is 4.98 Å². The number of nitrogen functional groups attached to an aromatic ring is 1. The van der Waals surface area contributed by atoms with E-state index in [4.69, 9.17) is 10.5 Å². The minimum absolute atomic E-state index is 0.0937. The highest BCUT2D eigenvalue weighted by Gasteiger charge is 2.26. The summed E-state index contributed by atoms with van der Waals surface area (Å²) in [5.41, 5.74) is 9.45. The fourth-order valence-corrected chi connectivity index (χ4v) is 2.00. The molecule has 0 amide bonds. The molecule has 14 heavy (non-hydrogen) atoms. The average molecular weight is 192 g/mol. The number of rotatable bonds is 1. The number of pyridine rings is 1. The van der Waals surface area contributed by atoms with Gasteiger partial charge < -0.3 is 10.5 Å². The molecular formula is C11H16N2O. The van der Waals surface area contributed by atoms with Crippen LogP contribution in [0.4, 0.5) is 5.82 Å². The van der Waals surface area contributed by atoms with Gasteiger partial charge >= 0.3 is 0 Å². The summed E-state index contributed by atoms with van der Waals surface area (Å²) in [7, 11) is 0. The third kappa shape index (κ3) is 1.28. The van der Waals surface area contributed by atoms with Gasteiger partial charge in [0.15, 0.2) is 0 Å². The maximum absolute atomic E-state index is 5.84. The smallest absolute Gasteiger partial charge is 0.129 e. The maximum atomic E-state index is 5.84. The van der Waals surface area contributed by atoms with E-state index in [-0.39, 0.29) is 6.10 Å². The zero-order valence-corrected chi connectivity index (χ0v) is 8.87. The number of hydrogen-bond acceptors (Lipinski definition) is 3. The SMILES string of the molecule is CC(C)c1cnc(N)c2c1COC2C. The van der Waals surface area contributed by atoms with Crippen molar-refractivity contribution in [3.63, 3.8) is 0 Å². The van der Waals surface area contributed by atoms with Crippen LogP contribution in [0.1, 0.15) is 49.5 Å². The van der Waals surface area contributed by atoms with Crippen molar-refractivity contribution in [3.05, 3.63) is 22.9 Å². The zero-order chi connectivity index (χ0) is 10.3. The molecule has 0 saturated heterocycles. The van der Waals surface area contributed by atoms with Crippen LogP contribution in [0.3, 0.4) is 0 Å². The molecule has 3 heteroatoms. The van der Waals surface area contributed by atoms with Crippen molar-refractivity contribution in [1.29, 1.82) is 0 Å². The molecule has 1 aliphatic heterocycles. The topological polar surface area (TPSA) is 48.1 Å². The monoisotopic (exact) mass is 192 g/mol. The maximum Gasteiger partial charge on any atom is 0.129 e. The zero-order valence-electron chi connectivity index (χ0n) is 8.87. The van der Waals surface area contributed by atoms with E-state index in [9.17, 15) is 0 Å². The van der Waals surface area contributed by atoms with Crippen molar-refractivity contribution in [2.75, 3.05) is 5.73 Å². The molecule has 0 bridgehead atoms. The lowest BCUT2D eigenvalue weighted by Gasteiger charge is -2.12. The summed E-state index contributed by atoms with van der Waals surface area (Å²) in [6.07, 6.45) is 1.97. The number of nitrogens with zero attached hydrogens (tertiary/aromatic N) is 1. The van der Waals surface area contributed by atoms with Gasteiger partial charge in [0.1, 0.15) is 5.82 Å². The molecule has 1 aliphatic rings. The van der Waals surface area contributed by atoms with E-state index in [1.807, 2.05) is 13.1 Å². The fourth-order valence-electron chi connectivity index (χ4n) is 2.00. The second-order valence-corrected chi connectivity index (χ2v) is 4.10.